The van der Waals surface area contributed by atoms with E-state index in [2.05, 4.69) is 5.32 Å². The third kappa shape index (κ3) is 4.64. The fourth-order valence-electron chi connectivity index (χ4n) is 5.31. The first kappa shape index (κ1) is 25.1. The molecule has 2 aliphatic rings. The highest BCUT2D eigenvalue weighted by Gasteiger charge is 2.46. The number of ether oxygens (including phenoxy) is 2. The summed E-state index contributed by atoms with van der Waals surface area (Å²) < 4.78 is 25.2. The van der Waals surface area contributed by atoms with Crippen molar-refractivity contribution in [3.05, 3.63) is 93.3 Å². The average molecular weight is 523 g/mol. The molecule has 0 saturated carbocycles. The number of benzene rings is 3. The summed E-state index contributed by atoms with van der Waals surface area (Å²) in [5.74, 6) is -0.177. The standard InChI is InChI=1S/C29H28ClFN2O4/c1-3-36-24-13-17-11-12-33-27(22(17)15-25(24)37-4-2)26(20-7-5-6-8-21(20)29(33)35)28(34)32-16-18-9-10-19(31)14-23(18)30/h5-10,13-15,26-27H,3-4,11-12,16H2,1-2H3,(H,32,34)/t26-,27+/m1/s1. The van der Waals surface area contributed by atoms with Crippen LogP contribution in [0, 0.1) is 5.82 Å². The van der Waals surface area contributed by atoms with Crippen molar-refractivity contribution >= 4 is 23.4 Å². The smallest absolute Gasteiger partial charge is 0.254 e. The van der Waals surface area contributed by atoms with Gasteiger partial charge in [-0.05, 0) is 72.9 Å². The van der Waals surface area contributed by atoms with Crippen LogP contribution in [0.15, 0.2) is 54.6 Å². The number of hydrogen-bond acceptors (Lipinski definition) is 4. The molecule has 192 valence electrons. The van der Waals surface area contributed by atoms with Gasteiger partial charge in [0.05, 0.1) is 25.2 Å². The van der Waals surface area contributed by atoms with E-state index >= 15 is 0 Å². The van der Waals surface area contributed by atoms with Crippen molar-refractivity contribution in [3.63, 3.8) is 0 Å². The SMILES string of the molecule is CCOc1cc2c(cc1OCC)[C@H]1[C@H](C(=O)NCc3ccc(F)cc3Cl)c3ccccc3C(=O)N1CC2. The van der Waals surface area contributed by atoms with Crippen LogP contribution in [0.2, 0.25) is 5.02 Å². The highest BCUT2D eigenvalue weighted by Crippen LogP contribution is 2.48. The molecule has 0 aromatic heterocycles. The summed E-state index contributed by atoms with van der Waals surface area (Å²) in [6.45, 7) is 5.39. The Kier molecular flexibility index (Phi) is 7.07. The van der Waals surface area contributed by atoms with Crippen molar-refractivity contribution in [1.82, 2.24) is 10.2 Å². The summed E-state index contributed by atoms with van der Waals surface area (Å²) in [5, 5.41) is 3.22. The van der Waals surface area contributed by atoms with Crippen molar-refractivity contribution in [2.45, 2.75) is 38.8 Å². The van der Waals surface area contributed by atoms with Gasteiger partial charge < -0.3 is 19.7 Å². The van der Waals surface area contributed by atoms with Crippen molar-refractivity contribution in [2.24, 2.45) is 0 Å². The average Bonchev–Trinajstić information content (AvgIpc) is 2.89. The van der Waals surface area contributed by atoms with Crippen LogP contribution in [-0.2, 0) is 17.8 Å². The van der Waals surface area contributed by atoms with Gasteiger partial charge in [-0.3, -0.25) is 9.59 Å². The molecule has 6 nitrogen and oxygen atoms in total. The Morgan fingerprint density at radius 3 is 2.51 bits per heavy atom. The van der Waals surface area contributed by atoms with E-state index in [0.717, 1.165) is 11.1 Å². The predicted octanol–water partition coefficient (Wildman–Crippen LogP) is 5.43. The molecule has 37 heavy (non-hydrogen) atoms. The lowest BCUT2D eigenvalue weighted by Crippen LogP contribution is -2.50. The van der Waals surface area contributed by atoms with Gasteiger partial charge >= 0.3 is 0 Å². The van der Waals surface area contributed by atoms with Gasteiger partial charge in [0.2, 0.25) is 5.91 Å². The van der Waals surface area contributed by atoms with Crippen LogP contribution in [0.25, 0.3) is 0 Å². The number of nitrogens with one attached hydrogen (secondary N) is 1. The zero-order valence-corrected chi connectivity index (χ0v) is 21.5. The van der Waals surface area contributed by atoms with E-state index in [1.807, 2.05) is 44.2 Å². The summed E-state index contributed by atoms with van der Waals surface area (Å²) in [7, 11) is 0. The maximum atomic E-state index is 13.8. The second-order valence-corrected chi connectivity index (χ2v) is 9.48. The third-order valence-corrected chi connectivity index (χ3v) is 7.29. The molecule has 0 aliphatic carbocycles. The second-order valence-electron chi connectivity index (χ2n) is 9.08. The molecule has 2 heterocycles. The van der Waals surface area contributed by atoms with E-state index < -0.39 is 17.8 Å². The molecule has 2 aliphatic heterocycles. The number of nitrogens with zero attached hydrogens (tertiary/aromatic N) is 1. The van der Waals surface area contributed by atoms with Crippen LogP contribution in [0.3, 0.4) is 0 Å². The van der Waals surface area contributed by atoms with E-state index in [1.54, 1.807) is 17.0 Å². The summed E-state index contributed by atoms with van der Waals surface area (Å²) in [4.78, 5) is 29.2. The van der Waals surface area contributed by atoms with E-state index in [-0.39, 0.29) is 23.4 Å². The highest BCUT2D eigenvalue weighted by atomic mass is 35.5. The van der Waals surface area contributed by atoms with Gasteiger partial charge in [-0.25, -0.2) is 4.39 Å². The van der Waals surface area contributed by atoms with E-state index in [0.29, 0.717) is 54.4 Å². The van der Waals surface area contributed by atoms with Crippen LogP contribution in [-0.4, -0.2) is 36.5 Å². The molecule has 2 atom stereocenters. The van der Waals surface area contributed by atoms with Gasteiger partial charge in [-0.2, -0.15) is 0 Å². The lowest BCUT2D eigenvalue weighted by atomic mass is 9.75. The molecular formula is C29H28ClFN2O4. The molecule has 0 saturated heterocycles. The van der Waals surface area contributed by atoms with Crippen molar-refractivity contribution < 1.29 is 23.5 Å². The zero-order chi connectivity index (χ0) is 26.1. The van der Waals surface area contributed by atoms with Crippen LogP contribution in [0.5, 0.6) is 11.5 Å². The van der Waals surface area contributed by atoms with Crippen LogP contribution >= 0.6 is 11.6 Å². The van der Waals surface area contributed by atoms with Gasteiger partial charge in [0, 0.05) is 23.7 Å². The molecule has 0 unspecified atom stereocenters. The normalized spacial score (nSPS) is 17.9. The molecule has 5 rings (SSSR count). The minimum absolute atomic E-state index is 0.0938. The fourth-order valence-corrected chi connectivity index (χ4v) is 5.55. The van der Waals surface area contributed by atoms with Crippen LogP contribution < -0.4 is 14.8 Å². The first-order valence-electron chi connectivity index (χ1n) is 12.5. The molecule has 0 bridgehead atoms. The minimum atomic E-state index is -0.653. The van der Waals surface area contributed by atoms with Gasteiger partial charge in [-0.15, -0.1) is 0 Å². The summed E-state index contributed by atoms with van der Waals surface area (Å²) in [6, 6.07) is 14.7. The number of rotatable bonds is 7. The number of hydrogen-bond donors (Lipinski definition) is 1. The predicted molar refractivity (Wildman–Crippen MR) is 139 cm³/mol. The molecule has 8 heteroatoms. The molecule has 2 amide bonds. The number of carbonyl (C=O) groups excluding carboxylic acids is 2. The Hall–Kier alpha value is -3.58. The second kappa shape index (κ2) is 10.4. The molecule has 1 N–H and O–H groups in total. The highest BCUT2D eigenvalue weighted by molar-refractivity contribution is 6.31. The lowest BCUT2D eigenvalue weighted by molar-refractivity contribution is -0.124. The van der Waals surface area contributed by atoms with Crippen molar-refractivity contribution in [2.75, 3.05) is 19.8 Å². The zero-order valence-electron chi connectivity index (χ0n) is 20.7. The van der Waals surface area contributed by atoms with Crippen molar-refractivity contribution in [1.29, 1.82) is 0 Å². The largest absolute Gasteiger partial charge is 0.490 e. The number of halogens is 2. The molecule has 0 spiro atoms. The number of carbonyl (C=O) groups is 2. The Morgan fingerprint density at radius 1 is 1.05 bits per heavy atom. The maximum absolute atomic E-state index is 13.8. The molecule has 0 radical (unpaired) electrons. The van der Waals surface area contributed by atoms with Crippen LogP contribution in [0.1, 0.15) is 58.4 Å². The summed E-state index contributed by atoms with van der Waals surface area (Å²) in [6.07, 6.45) is 0.645. The topological polar surface area (TPSA) is 67.9 Å². The Morgan fingerprint density at radius 2 is 1.78 bits per heavy atom. The van der Waals surface area contributed by atoms with Gasteiger partial charge in [-0.1, -0.05) is 35.9 Å². The monoisotopic (exact) mass is 522 g/mol. The number of fused-ring (bicyclic) bond motifs is 4. The Labute approximate surface area is 220 Å². The third-order valence-electron chi connectivity index (χ3n) is 6.94. The number of amides is 2. The first-order valence-corrected chi connectivity index (χ1v) is 12.8. The van der Waals surface area contributed by atoms with E-state index in [1.165, 1.54) is 12.1 Å². The van der Waals surface area contributed by atoms with Gasteiger partial charge in [0.15, 0.2) is 11.5 Å². The lowest BCUT2D eigenvalue weighted by Gasteiger charge is -2.45. The van der Waals surface area contributed by atoms with Gasteiger partial charge in [0.25, 0.3) is 5.91 Å². The fraction of sp³-hybridized carbons (Fsp3) is 0.310. The summed E-state index contributed by atoms with van der Waals surface area (Å²) >= 11 is 6.19. The van der Waals surface area contributed by atoms with Crippen molar-refractivity contribution in [3.8, 4) is 11.5 Å². The molecule has 0 fully saturated rings. The van der Waals surface area contributed by atoms with E-state index in [9.17, 15) is 14.0 Å². The molecule has 3 aromatic carbocycles. The van der Waals surface area contributed by atoms with Gasteiger partial charge in [0.1, 0.15) is 5.82 Å². The Balaban J connectivity index is 1.57. The first-order chi connectivity index (χ1) is 17.9. The molecular weight excluding hydrogens is 495 g/mol. The Bertz CT molecular complexity index is 1360. The van der Waals surface area contributed by atoms with Crippen LogP contribution in [0.4, 0.5) is 4.39 Å². The molecule has 3 aromatic rings. The maximum Gasteiger partial charge on any atom is 0.254 e. The summed E-state index contributed by atoms with van der Waals surface area (Å²) in [5.41, 5.74) is 3.72. The minimum Gasteiger partial charge on any atom is -0.490 e. The quantitative estimate of drug-likeness (QED) is 0.449. The van der Waals surface area contributed by atoms with E-state index in [4.69, 9.17) is 21.1 Å².